The number of carbonyl (C=O) groups is 3. The number of halogens is 1. The molecule has 2 aromatic carbocycles. The van der Waals surface area contributed by atoms with Crippen molar-refractivity contribution >= 4 is 23.5 Å². The van der Waals surface area contributed by atoms with Gasteiger partial charge in [-0.2, -0.15) is 0 Å². The van der Waals surface area contributed by atoms with Crippen LogP contribution >= 0.6 is 0 Å². The van der Waals surface area contributed by atoms with E-state index < -0.39 is 30.2 Å². The van der Waals surface area contributed by atoms with E-state index in [1.807, 2.05) is 12.1 Å². The first-order chi connectivity index (χ1) is 14.6. The van der Waals surface area contributed by atoms with Gasteiger partial charge in [0, 0.05) is 18.7 Å². The van der Waals surface area contributed by atoms with Crippen LogP contribution in [0.5, 0.6) is 5.75 Å². The molecule has 0 spiro atoms. The van der Waals surface area contributed by atoms with E-state index in [-0.39, 0.29) is 25.0 Å². The lowest BCUT2D eigenvalue weighted by Crippen LogP contribution is -2.37. The Morgan fingerprint density at radius 2 is 1.58 bits per heavy atom. The summed E-state index contributed by atoms with van der Waals surface area (Å²) in [5, 5.41) is 0. The minimum Gasteiger partial charge on any atom is -0.482 e. The fourth-order valence-corrected chi connectivity index (χ4v) is 2.70. The van der Waals surface area contributed by atoms with Crippen molar-refractivity contribution in [3.05, 3.63) is 59.9 Å². The van der Waals surface area contributed by atoms with E-state index in [9.17, 15) is 18.8 Å². The van der Waals surface area contributed by atoms with E-state index >= 15 is 0 Å². The van der Waals surface area contributed by atoms with E-state index in [0.29, 0.717) is 11.4 Å². The smallest absolute Gasteiger partial charge is 0.344 e. The number of hydrogen-bond acceptors (Lipinski definition) is 5. The van der Waals surface area contributed by atoms with Crippen LogP contribution in [0, 0.1) is 5.82 Å². The summed E-state index contributed by atoms with van der Waals surface area (Å²) in [6.45, 7) is 5.34. The van der Waals surface area contributed by atoms with E-state index in [1.165, 1.54) is 29.2 Å². The van der Waals surface area contributed by atoms with Crippen molar-refractivity contribution in [3.63, 3.8) is 0 Å². The molecule has 0 aliphatic heterocycles. The zero-order chi connectivity index (χ0) is 23.0. The molecule has 0 unspecified atom stereocenters. The van der Waals surface area contributed by atoms with E-state index in [4.69, 9.17) is 15.2 Å². The predicted molar refractivity (Wildman–Crippen MR) is 114 cm³/mol. The van der Waals surface area contributed by atoms with Gasteiger partial charge in [0.25, 0.3) is 5.91 Å². The van der Waals surface area contributed by atoms with Crippen LogP contribution in [0.25, 0.3) is 0 Å². The Bertz CT molecular complexity index is 905. The largest absolute Gasteiger partial charge is 0.482 e. The highest BCUT2D eigenvalue weighted by atomic mass is 19.1. The third kappa shape index (κ3) is 7.73. The van der Waals surface area contributed by atoms with E-state index in [1.54, 1.807) is 12.1 Å². The summed E-state index contributed by atoms with van der Waals surface area (Å²) in [7, 11) is 0. The minimum absolute atomic E-state index is 0.00271. The molecule has 0 radical (unpaired) electrons. The highest BCUT2D eigenvalue weighted by Crippen LogP contribution is 2.24. The molecule has 166 valence electrons. The summed E-state index contributed by atoms with van der Waals surface area (Å²) in [4.78, 5) is 36.8. The van der Waals surface area contributed by atoms with E-state index in [2.05, 4.69) is 20.8 Å². The number of rotatable bonds is 9. The molecule has 2 rings (SSSR count). The van der Waals surface area contributed by atoms with Gasteiger partial charge in [-0.3, -0.25) is 9.59 Å². The Labute approximate surface area is 180 Å². The lowest BCUT2D eigenvalue weighted by Gasteiger charge is -2.22. The molecule has 0 aromatic heterocycles. The second-order valence-corrected chi connectivity index (χ2v) is 7.96. The monoisotopic (exact) mass is 430 g/mol. The number of nitrogens with zero attached hydrogens (tertiary/aromatic N) is 1. The number of amides is 2. The molecule has 2 amide bonds. The van der Waals surface area contributed by atoms with Gasteiger partial charge in [0.1, 0.15) is 11.6 Å². The number of hydrogen-bond donors (Lipinski definition) is 1. The van der Waals surface area contributed by atoms with Gasteiger partial charge in [-0.15, -0.1) is 0 Å². The first-order valence-corrected chi connectivity index (χ1v) is 9.79. The van der Waals surface area contributed by atoms with Crippen molar-refractivity contribution < 1.29 is 28.2 Å². The quantitative estimate of drug-likeness (QED) is 0.617. The average molecular weight is 430 g/mol. The molecule has 7 nitrogen and oxygen atoms in total. The third-order valence-electron chi connectivity index (χ3n) is 4.45. The Morgan fingerprint density at radius 1 is 0.968 bits per heavy atom. The molecule has 0 atom stereocenters. The zero-order valence-electron chi connectivity index (χ0n) is 17.9. The fraction of sp³-hybridized carbons (Fsp3) is 0.348. The van der Waals surface area contributed by atoms with Crippen LogP contribution in [0.1, 0.15) is 32.8 Å². The van der Waals surface area contributed by atoms with Crippen LogP contribution in [0.2, 0.25) is 0 Å². The lowest BCUT2D eigenvalue weighted by atomic mass is 9.87. The Morgan fingerprint density at radius 3 is 2.13 bits per heavy atom. The molecule has 2 N–H and O–H groups in total. The molecular weight excluding hydrogens is 403 g/mol. The molecule has 31 heavy (non-hydrogen) atoms. The highest BCUT2D eigenvalue weighted by molar-refractivity contribution is 5.95. The molecule has 2 aromatic rings. The van der Waals surface area contributed by atoms with Gasteiger partial charge in [0.15, 0.2) is 13.2 Å². The molecule has 0 saturated heterocycles. The lowest BCUT2D eigenvalue weighted by molar-refractivity contribution is -0.149. The first-order valence-electron chi connectivity index (χ1n) is 9.79. The molecule has 0 saturated carbocycles. The van der Waals surface area contributed by atoms with E-state index in [0.717, 1.165) is 5.56 Å². The molecular formula is C23H27FN2O5. The van der Waals surface area contributed by atoms with Gasteiger partial charge in [-0.1, -0.05) is 32.9 Å². The molecule has 0 aliphatic carbocycles. The Hall–Kier alpha value is -3.42. The summed E-state index contributed by atoms with van der Waals surface area (Å²) in [5.41, 5.74) is 6.65. The molecule has 0 aliphatic rings. The molecule has 8 heteroatoms. The standard InChI is InChI=1S/C23H27FN2O5/c1-23(2,3)16-4-10-19(11-5-16)30-15-22(29)31-14-21(28)26(13-12-20(25)27)18-8-6-17(24)7-9-18/h4-11H,12-15H2,1-3H3,(H2,25,27). The normalized spacial score (nSPS) is 11.0. The Kier molecular flexibility index (Phi) is 8.13. The maximum absolute atomic E-state index is 13.2. The maximum Gasteiger partial charge on any atom is 0.344 e. The van der Waals surface area contributed by atoms with Gasteiger partial charge in [-0.25, -0.2) is 9.18 Å². The second-order valence-electron chi connectivity index (χ2n) is 7.96. The first kappa shape index (κ1) is 23.9. The van der Waals surface area contributed by atoms with Crippen molar-refractivity contribution in [3.8, 4) is 5.75 Å². The summed E-state index contributed by atoms with van der Waals surface area (Å²) in [5.74, 6) is -1.85. The maximum atomic E-state index is 13.2. The number of benzene rings is 2. The van der Waals surface area contributed by atoms with Crippen LogP contribution in [-0.2, 0) is 24.5 Å². The summed E-state index contributed by atoms with van der Waals surface area (Å²) >= 11 is 0. The SMILES string of the molecule is CC(C)(C)c1ccc(OCC(=O)OCC(=O)N(CCC(N)=O)c2ccc(F)cc2)cc1. The van der Waals surface area contributed by atoms with Crippen LogP contribution in [-0.4, -0.2) is 37.5 Å². The van der Waals surface area contributed by atoms with Crippen LogP contribution in [0.3, 0.4) is 0 Å². The summed E-state index contributed by atoms with van der Waals surface area (Å²) in [6.07, 6.45) is -0.0925. The summed E-state index contributed by atoms with van der Waals surface area (Å²) in [6, 6.07) is 12.5. The zero-order valence-corrected chi connectivity index (χ0v) is 17.9. The van der Waals surface area contributed by atoms with Gasteiger partial charge < -0.3 is 20.1 Å². The third-order valence-corrected chi connectivity index (χ3v) is 4.45. The molecule has 0 fully saturated rings. The van der Waals surface area contributed by atoms with Crippen molar-refractivity contribution in [2.45, 2.75) is 32.6 Å². The van der Waals surface area contributed by atoms with Crippen molar-refractivity contribution in [1.82, 2.24) is 0 Å². The fourth-order valence-electron chi connectivity index (χ4n) is 2.70. The number of ether oxygens (including phenoxy) is 2. The number of primary amides is 1. The minimum atomic E-state index is -0.720. The topological polar surface area (TPSA) is 98.9 Å². The highest BCUT2D eigenvalue weighted by Gasteiger charge is 2.19. The van der Waals surface area contributed by atoms with Gasteiger partial charge >= 0.3 is 5.97 Å². The number of esters is 1. The van der Waals surface area contributed by atoms with Crippen LogP contribution < -0.4 is 15.4 Å². The number of carbonyl (C=O) groups excluding carboxylic acids is 3. The Balaban J connectivity index is 1.89. The van der Waals surface area contributed by atoms with Gasteiger partial charge in [-0.05, 0) is 47.4 Å². The van der Waals surface area contributed by atoms with Crippen molar-refractivity contribution in [2.24, 2.45) is 5.73 Å². The predicted octanol–water partition coefficient (Wildman–Crippen LogP) is 2.95. The van der Waals surface area contributed by atoms with Crippen molar-refractivity contribution in [1.29, 1.82) is 0 Å². The second kappa shape index (κ2) is 10.6. The average Bonchev–Trinajstić information content (AvgIpc) is 2.71. The van der Waals surface area contributed by atoms with Gasteiger partial charge in [0.2, 0.25) is 5.91 Å². The number of nitrogens with two attached hydrogens (primary N) is 1. The van der Waals surface area contributed by atoms with Gasteiger partial charge in [0.05, 0.1) is 0 Å². The van der Waals surface area contributed by atoms with Crippen LogP contribution in [0.15, 0.2) is 48.5 Å². The number of anilines is 1. The molecule has 0 heterocycles. The van der Waals surface area contributed by atoms with Crippen LogP contribution in [0.4, 0.5) is 10.1 Å². The summed E-state index contributed by atoms with van der Waals surface area (Å²) < 4.78 is 23.6. The van der Waals surface area contributed by atoms with Crippen molar-refractivity contribution in [2.75, 3.05) is 24.7 Å². The molecule has 0 bridgehead atoms.